The Bertz CT molecular complexity index is 967. The molecule has 0 aliphatic carbocycles. The fourth-order valence-corrected chi connectivity index (χ4v) is 3.83. The second-order valence-electron chi connectivity index (χ2n) is 6.63. The van der Waals surface area contributed by atoms with Crippen LogP contribution in [0.2, 0.25) is 0 Å². The maximum atomic E-state index is 13.0. The Morgan fingerprint density at radius 2 is 1.96 bits per heavy atom. The van der Waals surface area contributed by atoms with Crippen LogP contribution in [0.25, 0.3) is 6.08 Å². The van der Waals surface area contributed by atoms with Crippen LogP contribution in [-0.4, -0.2) is 26.9 Å². The van der Waals surface area contributed by atoms with Crippen molar-refractivity contribution in [2.45, 2.75) is 33.2 Å². The molecule has 1 heterocycles. The molecule has 28 heavy (non-hydrogen) atoms. The van der Waals surface area contributed by atoms with E-state index in [-0.39, 0.29) is 17.6 Å². The van der Waals surface area contributed by atoms with Gasteiger partial charge in [-0.25, -0.2) is 4.99 Å². The van der Waals surface area contributed by atoms with Gasteiger partial charge in [0.2, 0.25) is 0 Å². The number of nitrogens with zero attached hydrogens (tertiary/aromatic N) is 3. The van der Waals surface area contributed by atoms with Gasteiger partial charge in [0.15, 0.2) is 5.17 Å². The zero-order chi connectivity index (χ0) is 20.3. The first kappa shape index (κ1) is 19.8. The number of amidine groups is 1. The van der Waals surface area contributed by atoms with E-state index in [0.717, 1.165) is 17.7 Å². The molecule has 0 saturated carbocycles. The number of aryl methyl sites for hydroxylation is 1. The fraction of sp³-hybridized carbons (Fsp3) is 0.238. The van der Waals surface area contributed by atoms with Gasteiger partial charge in [-0.1, -0.05) is 36.8 Å². The molecule has 0 spiro atoms. The molecule has 1 fully saturated rings. The minimum atomic E-state index is -0.443. The van der Waals surface area contributed by atoms with Gasteiger partial charge in [-0.05, 0) is 55.8 Å². The normalized spacial score (nSPS) is 18.1. The minimum Gasteiger partial charge on any atom is -0.284 e. The summed E-state index contributed by atoms with van der Waals surface area (Å²) in [5, 5.41) is 11.6. The first-order valence-electron chi connectivity index (χ1n) is 9.02. The third-order valence-corrected chi connectivity index (χ3v) is 5.49. The molecule has 1 aliphatic heterocycles. The molecule has 6 nitrogen and oxygen atoms in total. The third kappa shape index (κ3) is 4.31. The maximum Gasteiger partial charge on any atom is 0.270 e. The van der Waals surface area contributed by atoms with Crippen molar-refractivity contribution in [1.29, 1.82) is 0 Å². The summed E-state index contributed by atoms with van der Waals surface area (Å²) in [4.78, 5) is 30.4. The van der Waals surface area contributed by atoms with Crippen molar-refractivity contribution in [3.8, 4) is 0 Å². The van der Waals surface area contributed by atoms with Gasteiger partial charge < -0.3 is 0 Å². The van der Waals surface area contributed by atoms with Crippen LogP contribution in [0, 0.1) is 17.0 Å². The first-order chi connectivity index (χ1) is 13.4. The van der Waals surface area contributed by atoms with E-state index in [1.54, 1.807) is 23.1 Å². The molecule has 1 saturated heterocycles. The third-order valence-electron chi connectivity index (χ3n) is 4.51. The zero-order valence-corrected chi connectivity index (χ0v) is 16.8. The van der Waals surface area contributed by atoms with E-state index in [4.69, 9.17) is 0 Å². The van der Waals surface area contributed by atoms with E-state index in [0.29, 0.717) is 15.6 Å². The number of amides is 1. The standard InChI is InChI=1S/C21H21N3O3S/c1-4-15(3)23-20(25)19(13-16-6-5-7-18(12-16)24(26)27)28-21(23)22-17-10-8-14(2)9-11-17/h5-13,15H,4H2,1-3H3/b19-13+,22-21?/t15-/m1/s1. The van der Waals surface area contributed by atoms with Gasteiger partial charge in [0, 0.05) is 18.2 Å². The second-order valence-corrected chi connectivity index (χ2v) is 7.63. The van der Waals surface area contributed by atoms with Crippen molar-refractivity contribution in [2.24, 2.45) is 4.99 Å². The van der Waals surface area contributed by atoms with Gasteiger partial charge in [0.05, 0.1) is 15.5 Å². The molecule has 1 aliphatic rings. The highest BCUT2D eigenvalue weighted by Crippen LogP contribution is 2.36. The van der Waals surface area contributed by atoms with Crippen LogP contribution in [0.3, 0.4) is 0 Å². The molecule has 1 atom stereocenters. The van der Waals surface area contributed by atoms with E-state index in [1.807, 2.05) is 45.0 Å². The van der Waals surface area contributed by atoms with E-state index in [1.165, 1.54) is 23.9 Å². The number of aliphatic imine (C=N–C) groups is 1. The summed E-state index contributed by atoms with van der Waals surface area (Å²) in [6, 6.07) is 14.1. The van der Waals surface area contributed by atoms with Gasteiger partial charge in [-0.2, -0.15) is 0 Å². The van der Waals surface area contributed by atoms with Crippen molar-refractivity contribution >= 4 is 40.3 Å². The molecule has 1 amide bonds. The summed E-state index contributed by atoms with van der Waals surface area (Å²) in [6.45, 7) is 6.02. The first-order valence-corrected chi connectivity index (χ1v) is 9.83. The largest absolute Gasteiger partial charge is 0.284 e. The Kier molecular flexibility index (Phi) is 5.94. The number of non-ortho nitro benzene ring substituents is 1. The molecule has 0 aromatic heterocycles. The van der Waals surface area contributed by atoms with Gasteiger partial charge in [0.25, 0.3) is 11.6 Å². The highest BCUT2D eigenvalue weighted by molar-refractivity contribution is 8.18. The number of thioether (sulfide) groups is 1. The van der Waals surface area contributed by atoms with Crippen LogP contribution >= 0.6 is 11.8 Å². The number of nitro benzene ring substituents is 1. The quantitative estimate of drug-likeness (QED) is 0.391. The Morgan fingerprint density at radius 3 is 2.61 bits per heavy atom. The van der Waals surface area contributed by atoms with Gasteiger partial charge in [0.1, 0.15) is 0 Å². The number of carbonyl (C=O) groups excluding carboxylic acids is 1. The van der Waals surface area contributed by atoms with Gasteiger partial charge in [-0.3, -0.25) is 19.8 Å². The van der Waals surface area contributed by atoms with E-state index < -0.39 is 4.92 Å². The molecule has 0 N–H and O–H groups in total. The van der Waals surface area contributed by atoms with Crippen LogP contribution in [0.4, 0.5) is 11.4 Å². The van der Waals surface area contributed by atoms with Gasteiger partial charge in [-0.15, -0.1) is 0 Å². The lowest BCUT2D eigenvalue weighted by molar-refractivity contribution is -0.384. The lowest BCUT2D eigenvalue weighted by Crippen LogP contribution is -2.36. The topological polar surface area (TPSA) is 75.8 Å². The summed E-state index contributed by atoms with van der Waals surface area (Å²) >= 11 is 1.30. The van der Waals surface area contributed by atoms with Crippen LogP contribution in [0.15, 0.2) is 58.4 Å². The molecule has 144 valence electrons. The molecule has 0 unspecified atom stereocenters. The number of hydrogen-bond donors (Lipinski definition) is 0. The predicted octanol–water partition coefficient (Wildman–Crippen LogP) is 5.31. The molecule has 0 bridgehead atoms. The van der Waals surface area contributed by atoms with Crippen molar-refractivity contribution in [3.05, 3.63) is 74.7 Å². The molecule has 0 radical (unpaired) electrons. The highest BCUT2D eigenvalue weighted by atomic mass is 32.2. The Labute approximate surface area is 168 Å². The number of rotatable bonds is 5. The highest BCUT2D eigenvalue weighted by Gasteiger charge is 2.36. The molecule has 2 aromatic carbocycles. The molecule has 2 aromatic rings. The number of hydrogen-bond acceptors (Lipinski definition) is 5. The summed E-state index contributed by atoms with van der Waals surface area (Å²) in [6.07, 6.45) is 2.48. The molecular formula is C21H21N3O3S. The lowest BCUT2D eigenvalue weighted by Gasteiger charge is -2.22. The van der Waals surface area contributed by atoms with E-state index in [9.17, 15) is 14.9 Å². The van der Waals surface area contributed by atoms with Crippen molar-refractivity contribution < 1.29 is 9.72 Å². The van der Waals surface area contributed by atoms with Crippen LogP contribution in [-0.2, 0) is 4.79 Å². The van der Waals surface area contributed by atoms with Crippen LogP contribution in [0.5, 0.6) is 0 Å². The van der Waals surface area contributed by atoms with Crippen LogP contribution in [0.1, 0.15) is 31.4 Å². The summed E-state index contributed by atoms with van der Waals surface area (Å²) < 4.78 is 0. The SMILES string of the molecule is CC[C@@H](C)N1C(=O)/C(=C\c2cccc([N+](=O)[O-])c2)SC1=Nc1ccc(C)cc1. The van der Waals surface area contributed by atoms with Gasteiger partial charge >= 0.3 is 0 Å². The summed E-state index contributed by atoms with van der Waals surface area (Å²) in [5.74, 6) is -0.128. The monoisotopic (exact) mass is 395 g/mol. The maximum absolute atomic E-state index is 13.0. The Hall–Kier alpha value is -2.93. The Balaban J connectivity index is 1.98. The van der Waals surface area contributed by atoms with Crippen molar-refractivity contribution in [2.75, 3.05) is 0 Å². The average Bonchev–Trinajstić information content (AvgIpc) is 2.98. The summed E-state index contributed by atoms with van der Waals surface area (Å²) in [7, 11) is 0. The summed E-state index contributed by atoms with van der Waals surface area (Å²) in [5.41, 5.74) is 2.54. The number of nitro groups is 1. The zero-order valence-electron chi connectivity index (χ0n) is 16.0. The minimum absolute atomic E-state index is 0.000192. The van der Waals surface area contributed by atoms with E-state index in [2.05, 4.69) is 4.99 Å². The van der Waals surface area contributed by atoms with Crippen LogP contribution < -0.4 is 0 Å². The molecular weight excluding hydrogens is 374 g/mol. The fourth-order valence-electron chi connectivity index (χ4n) is 2.75. The van der Waals surface area contributed by atoms with E-state index >= 15 is 0 Å². The number of carbonyl (C=O) groups is 1. The molecule has 7 heteroatoms. The lowest BCUT2D eigenvalue weighted by atomic mass is 10.1. The smallest absolute Gasteiger partial charge is 0.270 e. The van der Waals surface area contributed by atoms with Crippen molar-refractivity contribution in [3.63, 3.8) is 0 Å². The number of benzene rings is 2. The second kappa shape index (κ2) is 8.39. The Morgan fingerprint density at radius 1 is 1.25 bits per heavy atom. The van der Waals surface area contributed by atoms with Crippen molar-refractivity contribution in [1.82, 2.24) is 4.90 Å². The average molecular weight is 395 g/mol. The molecule has 3 rings (SSSR count). The predicted molar refractivity (Wildman–Crippen MR) is 114 cm³/mol.